The first kappa shape index (κ1) is 11.9. The molecule has 0 radical (unpaired) electrons. The number of ether oxygens (including phenoxy) is 1. The maximum absolute atomic E-state index is 5.85. The molecular weight excluding hydrogens is 306 g/mol. The zero-order valence-corrected chi connectivity index (χ0v) is 11.5. The number of nitrogens with two attached hydrogens (primary N) is 1. The number of aromatic nitrogens is 2. The molecule has 1 aromatic carbocycles. The minimum atomic E-state index is 0.482. The fourth-order valence-electron chi connectivity index (χ4n) is 1.77. The van der Waals surface area contributed by atoms with E-state index in [0.717, 1.165) is 10.9 Å². The number of hydrogen-bond acceptors (Lipinski definition) is 4. The van der Waals surface area contributed by atoms with Crippen LogP contribution in [0.25, 0.3) is 10.9 Å². The summed E-state index contributed by atoms with van der Waals surface area (Å²) in [5, 5.41) is 1.07. The molecule has 3 aromatic rings. The van der Waals surface area contributed by atoms with E-state index in [0.29, 0.717) is 21.7 Å². The molecule has 3 rings (SSSR count). The van der Waals surface area contributed by atoms with Gasteiger partial charge in [-0.2, -0.15) is 0 Å². The molecule has 0 bridgehead atoms. The fraction of sp³-hybridized carbons (Fsp3) is 0. The number of pyridine rings is 2. The summed E-state index contributed by atoms with van der Waals surface area (Å²) in [6.45, 7) is 0. The van der Waals surface area contributed by atoms with Crippen molar-refractivity contribution in [3.05, 3.63) is 53.4 Å². The molecule has 0 saturated carbocycles. The number of fused-ring (bicyclic) bond motifs is 1. The first-order valence-corrected chi connectivity index (χ1v) is 6.45. The second-order valence-electron chi connectivity index (χ2n) is 4.00. The lowest BCUT2D eigenvalue weighted by molar-refractivity contribution is 0.482. The van der Waals surface area contributed by atoms with E-state index in [1.54, 1.807) is 18.6 Å². The molecule has 0 saturated heterocycles. The predicted octanol–water partition coefficient (Wildman–Crippen LogP) is 3.77. The average Bonchev–Trinajstić information content (AvgIpc) is 2.43. The Kier molecular flexibility index (Phi) is 3.05. The SMILES string of the molecule is Nc1cncc(Br)c1Oc1ccc2cccnc2c1. The Labute approximate surface area is 118 Å². The molecule has 2 aromatic heterocycles. The second kappa shape index (κ2) is 4.85. The quantitative estimate of drug-likeness (QED) is 0.782. The van der Waals surface area contributed by atoms with Gasteiger partial charge in [0.25, 0.3) is 0 Å². The van der Waals surface area contributed by atoms with Crippen LogP contribution in [0.1, 0.15) is 0 Å². The van der Waals surface area contributed by atoms with Crippen molar-refractivity contribution in [3.63, 3.8) is 0 Å². The first-order chi connectivity index (χ1) is 9.24. The lowest BCUT2D eigenvalue weighted by Gasteiger charge is -2.10. The van der Waals surface area contributed by atoms with Crippen LogP contribution in [0.2, 0.25) is 0 Å². The summed E-state index contributed by atoms with van der Waals surface area (Å²) >= 11 is 3.37. The van der Waals surface area contributed by atoms with Crippen LogP contribution in [0.3, 0.4) is 0 Å². The summed E-state index contributed by atoms with van der Waals surface area (Å²) in [6, 6.07) is 9.63. The largest absolute Gasteiger partial charge is 0.454 e. The molecule has 0 aliphatic heterocycles. The van der Waals surface area contributed by atoms with Gasteiger partial charge in [0.1, 0.15) is 5.75 Å². The van der Waals surface area contributed by atoms with E-state index in [-0.39, 0.29) is 0 Å². The molecule has 0 spiro atoms. The van der Waals surface area contributed by atoms with E-state index < -0.39 is 0 Å². The van der Waals surface area contributed by atoms with Gasteiger partial charge in [-0.3, -0.25) is 9.97 Å². The van der Waals surface area contributed by atoms with Crippen LogP contribution < -0.4 is 10.5 Å². The highest BCUT2D eigenvalue weighted by Crippen LogP contribution is 2.34. The van der Waals surface area contributed by atoms with Gasteiger partial charge in [0.05, 0.1) is 21.9 Å². The summed E-state index contributed by atoms with van der Waals surface area (Å²) in [5.74, 6) is 1.25. The molecule has 2 N–H and O–H groups in total. The van der Waals surface area contributed by atoms with Crippen LogP contribution in [-0.2, 0) is 0 Å². The standard InChI is InChI=1S/C14H10BrN3O/c15-11-7-17-8-12(16)14(11)19-10-4-3-9-2-1-5-18-13(9)6-10/h1-8H,16H2. The van der Waals surface area contributed by atoms with Gasteiger partial charge in [-0.25, -0.2) is 0 Å². The van der Waals surface area contributed by atoms with Gasteiger partial charge in [-0.15, -0.1) is 0 Å². The van der Waals surface area contributed by atoms with Gasteiger partial charge in [-0.05, 0) is 34.1 Å². The summed E-state index contributed by atoms with van der Waals surface area (Å²) in [5.41, 5.74) is 7.21. The van der Waals surface area contributed by atoms with Crippen LogP contribution in [0.4, 0.5) is 5.69 Å². The third kappa shape index (κ3) is 2.37. The Morgan fingerprint density at radius 2 is 2.05 bits per heavy atom. The molecule has 4 nitrogen and oxygen atoms in total. The lowest BCUT2D eigenvalue weighted by atomic mass is 10.2. The summed E-state index contributed by atoms with van der Waals surface area (Å²) in [7, 11) is 0. The number of nitrogen functional groups attached to an aromatic ring is 1. The number of benzene rings is 1. The van der Waals surface area contributed by atoms with E-state index in [4.69, 9.17) is 10.5 Å². The Morgan fingerprint density at radius 3 is 2.89 bits per heavy atom. The average molecular weight is 316 g/mol. The van der Waals surface area contributed by atoms with Crippen molar-refractivity contribution >= 4 is 32.5 Å². The van der Waals surface area contributed by atoms with Crippen molar-refractivity contribution < 1.29 is 4.74 Å². The monoisotopic (exact) mass is 315 g/mol. The fourth-order valence-corrected chi connectivity index (χ4v) is 2.20. The van der Waals surface area contributed by atoms with Crippen molar-refractivity contribution in [2.24, 2.45) is 0 Å². The molecule has 94 valence electrons. The number of rotatable bonds is 2. The highest BCUT2D eigenvalue weighted by molar-refractivity contribution is 9.10. The van der Waals surface area contributed by atoms with E-state index >= 15 is 0 Å². The number of hydrogen-bond donors (Lipinski definition) is 1. The molecule has 0 amide bonds. The summed E-state index contributed by atoms with van der Waals surface area (Å²) in [4.78, 5) is 8.26. The molecule has 0 fully saturated rings. The Balaban J connectivity index is 2.01. The van der Waals surface area contributed by atoms with E-state index in [1.807, 2.05) is 30.3 Å². The lowest BCUT2D eigenvalue weighted by Crippen LogP contribution is -1.94. The third-order valence-corrected chi connectivity index (χ3v) is 3.24. The molecular formula is C14H10BrN3O. The number of halogens is 1. The maximum atomic E-state index is 5.85. The summed E-state index contributed by atoms with van der Waals surface area (Å²) in [6.07, 6.45) is 4.95. The minimum Gasteiger partial charge on any atom is -0.454 e. The van der Waals surface area contributed by atoms with Gasteiger partial charge in [0.2, 0.25) is 0 Å². The smallest absolute Gasteiger partial charge is 0.167 e. The molecule has 0 aliphatic carbocycles. The van der Waals surface area contributed by atoms with Crippen LogP contribution in [0, 0.1) is 0 Å². The van der Waals surface area contributed by atoms with Crippen LogP contribution >= 0.6 is 15.9 Å². The zero-order chi connectivity index (χ0) is 13.2. The van der Waals surface area contributed by atoms with Gasteiger partial charge in [-0.1, -0.05) is 6.07 Å². The van der Waals surface area contributed by atoms with Crippen LogP contribution in [0.15, 0.2) is 53.4 Å². The topological polar surface area (TPSA) is 61.0 Å². The van der Waals surface area contributed by atoms with Gasteiger partial charge in [0, 0.05) is 23.8 Å². The van der Waals surface area contributed by atoms with Gasteiger partial charge in [0.15, 0.2) is 5.75 Å². The van der Waals surface area contributed by atoms with Crippen molar-refractivity contribution in [2.45, 2.75) is 0 Å². The van der Waals surface area contributed by atoms with Crippen molar-refractivity contribution in [1.29, 1.82) is 0 Å². The van der Waals surface area contributed by atoms with E-state index in [9.17, 15) is 0 Å². The molecule has 19 heavy (non-hydrogen) atoms. The molecule has 0 unspecified atom stereocenters. The third-order valence-electron chi connectivity index (χ3n) is 2.68. The number of nitrogens with zero attached hydrogens (tertiary/aromatic N) is 2. The van der Waals surface area contributed by atoms with E-state index in [2.05, 4.69) is 25.9 Å². The molecule has 0 aliphatic rings. The summed E-state index contributed by atoms with van der Waals surface area (Å²) < 4.78 is 6.51. The maximum Gasteiger partial charge on any atom is 0.167 e. The Morgan fingerprint density at radius 1 is 1.16 bits per heavy atom. The van der Waals surface area contributed by atoms with Crippen LogP contribution in [-0.4, -0.2) is 9.97 Å². The normalized spacial score (nSPS) is 10.6. The highest BCUT2D eigenvalue weighted by atomic mass is 79.9. The predicted molar refractivity (Wildman–Crippen MR) is 78.2 cm³/mol. The van der Waals surface area contributed by atoms with Gasteiger partial charge < -0.3 is 10.5 Å². The van der Waals surface area contributed by atoms with Gasteiger partial charge >= 0.3 is 0 Å². The first-order valence-electron chi connectivity index (χ1n) is 5.65. The molecule has 5 heteroatoms. The second-order valence-corrected chi connectivity index (χ2v) is 4.85. The highest BCUT2D eigenvalue weighted by Gasteiger charge is 2.08. The Bertz CT molecular complexity index is 725. The Hall–Kier alpha value is -2.14. The van der Waals surface area contributed by atoms with Crippen LogP contribution in [0.5, 0.6) is 11.5 Å². The van der Waals surface area contributed by atoms with Crippen molar-refractivity contribution in [3.8, 4) is 11.5 Å². The van der Waals surface area contributed by atoms with E-state index in [1.165, 1.54) is 0 Å². The minimum absolute atomic E-state index is 0.482. The zero-order valence-electron chi connectivity index (χ0n) is 9.88. The molecule has 2 heterocycles. The van der Waals surface area contributed by atoms with Crippen molar-refractivity contribution in [1.82, 2.24) is 9.97 Å². The number of anilines is 1. The molecule has 0 atom stereocenters. The van der Waals surface area contributed by atoms with Crippen molar-refractivity contribution in [2.75, 3.05) is 5.73 Å².